The maximum Gasteiger partial charge on any atom is 0.255 e. The average molecular weight is 286 g/mol. The molecule has 21 heavy (non-hydrogen) atoms. The Kier molecular flexibility index (Phi) is 3.70. The molecule has 1 aromatic carbocycles. The lowest BCUT2D eigenvalue weighted by atomic mass is 10.1. The third-order valence-corrected chi connectivity index (χ3v) is 4.59. The molecule has 2 unspecified atom stereocenters. The molecule has 1 saturated heterocycles. The summed E-state index contributed by atoms with van der Waals surface area (Å²) in [5.41, 5.74) is 2.26. The van der Waals surface area contributed by atoms with Gasteiger partial charge in [-0.1, -0.05) is 19.1 Å². The molecule has 1 heterocycles. The van der Waals surface area contributed by atoms with Crippen LogP contribution in [-0.4, -0.2) is 29.8 Å². The van der Waals surface area contributed by atoms with Gasteiger partial charge in [0.2, 0.25) is 5.91 Å². The average Bonchev–Trinajstić information content (AvgIpc) is 2.98. The van der Waals surface area contributed by atoms with E-state index in [1.165, 1.54) is 0 Å². The van der Waals surface area contributed by atoms with E-state index in [9.17, 15) is 9.59 Å². The van der Waals surface area contributed by atoms with Gasteiger partial charge >= 0.3 is 0 Å². The van der Waals surface area contributed by atoms with Crippen molar-refractivity contribution in [1.29, 1.82) is 0 Å². The van der Waals surface area contributed by atoms with Gasteiger partial charge in [0.05, 0.1) is 11.3 Å². The molecule has 112 valence electrons. The highest BCUT2D eigenvalue weighted by molar-refractivity contribution is 6.05. The molecule has 1 aromatic rings. The quantitative estimate of drug-likeness (QED) is 0.929. The van der Waals surface area contributed by atoms with Gasteiger partial charge in [-0.25, -0.2) is 0 Å². The summed E-state index contributed by atoms with van der Waals surface area (Å²) < 4.78 is 0. The van der Waals surface area contributed by atoms with Crippen LogP contribution >= 0.6 is 0 Å². The number of hydrogen-bond donors (Lipinski definition) is 1. The number of amides is 2. The normalized spacial score (nSPS) is 24.0. The van der Waals surface area contributed by atoms with E-state index in [1.54, 1.807) is 0 Å². The van der Waals surface area contributed by atoms with Gasteiger partial charge in [-0.2, -0.15) is 0 Å². The van der Waals surface area contributed by atoms with Crippen LogP contribution in [0.25, 0.3) is 0 Å². The van der Waals surface area contributed by atoms with E-state index in [0.29, 0.717) is 17.2 Å². The van der Waals surface area contributed by atoms with Crippen molar-refractivity contribution in [3.05, 3.63) is 29.3 Å². The number of hydrogen-bond acceptors (Lipinski definition) is 2. The Morgan fingerprint density at radius 2 is 1.90 bits per heavy atom. The van der Waals surface area contributed by atoms with Crippen LogP contribution < -0.4 is 5.32 Å². The number of nitrogens with zero attached hydrogens (tertiary/aromatic N) is 1. The largest absolute Gasteiger partial charge is 0.339 e. The number of rotatable bonds is 3. The van der Waals surface area contributed by atoms with Crippen molar-refractivity contribution < 1.29 is 9.59 Å². The highest BCUT2D eigenvalue weighted by Crippen LogP contribution is 2.39. The van der Waals surface area contributed by atoms with Gasteiger partial charge in [-0.05, 0) is 43.7 Å². The van der Waals surface area contributed by atoms with E-state index in [1.807, 2.05) is 30.0 Å². The molecule has 1 saturated carbocycles. The molecule has 2 atom stereocenters. The first kappa shape index (κ1) is 14.1. The molecule has 4 heteroatoms. The minimum absolute atomic E-state index is 0.0374. The van der Waals surface area contributed by atoms with E-state index < -0.39 is 0 Å². The first-order valence-electron chi connectivity index (χ1n) is 7.77. The third kappa shape index (κ3) is 2.80. The minimum atomic E-state index is 0.0374. The summed E-state index contributed by atoms with van der Waals surface area (Å²) in [5, 5.41) is 2.99. The molecule has 0 aromatic heterocycles. The number of benzene rings is 1. The number of para-hydroxylation sites is 1. The monoisotopic (exact) mass is 286 g/mol. The Balaban J connectivity index is 1.84. The van der Waals surface area contributed by atoms with Gasteiger partial charge < -0.3 is 10.2 Å². The maximum absolute atomic E-state index is 12.6. The summed E-state index contributed by atoms with van der Waals surface area (Å²) in [6.07, 6.45) is 3.09. The van der Waals surface area contributed by atoms with Crippen molar-refractivity contribution in [1.82, 2.24) is 4.90 Å². The highest BCUT2D eigenvalue weighted by Gasteiger charge is 2.39. The van der Waals surface area contributed by atoms with Gasteiger partial charge in [0.15, 0.2) is 0 Å². The van der Waals surface area contributed by atoms with Crippen LogP contribution in [0.4, 0.5) is 5.69 Å². The molecule has 3 rings (SSSR count). The molecule has 0 radical (unpaired) electrons. The van der Waals surface area contributed by atoms with Crippen LogP contribution in [0.5, 0.6) is 0 Å². The number of nitrogens with one attached hydrogen (secondary N) is 1. The summed E-state index contributed by atoms with van der Waals surface area (Å²) in [7, 11) is 0. The summed E-state index contributed by atoms with van der Waals surface area (Å²) in [4.78, 5) is 26.7. The number of likely N-dealkylation sites (tertiary alicyclic amines) is 1. The SMILES string of the molecule is Cc1cccc(C(=O)N2CCCC2)c1NC(=O)C1CC1C. The second-order valence-electron chi connectivity index (χ2n) is 6.31. The first-order valence-corrected chi connectivity index (χ1v) is 7.77. The van der Waals surface area contributed by atoms with Crippen molar-refractivity contribution >= 4 is 17.5 Å². The van der Waals surface area contributed by atoms with Gasteiger partial charge in [0, 0.05) is 19.0 Å². The van der Waals surface area contributed by atoms with Crippen molar-refractivity contribution in [3.63, 3.8) is 0 Å². The molecule has 1 N–H and O–H groups in total. The Hall–Kier alpha value is -1.84. The Labute approximate surface area is 125 Å². The topological polar surface area (TPSA) is 49.4 Å². The predicted molar refractivity (Wildman–Crippen MR) is 82.2 cm³/mol. The van der Waals surface area contributed by atoms with Crippen LogP contribution in [-0.2, 0) is 4.79 Å². The number of carbonyl (C=O) groups is 2. The predicted octanol–water partition coefficient (Wildman–Crippen LogP) is 2.83. The van der Waals surface area contributed by atoms with Gasteiger partial charge in [-0.15, -0.1) is 0 Å². The Bertz CT molecular complexity index is 576. The molecule has 0 bridgehead atoms. The molecule has 4 nitrogen and oxygen atoms in total. The van der Waals surface area contributed by atoms with Gasteiger partial charge in [-0.3, -0.25) is 9.59 Å². The lowest BCUT2D eigenvalue weighted by molar-refractivity contribution is -0.117. The minimum Gasteiger partial charge on any atom is -0.339 e. The van der Waals surface area contributed by atoms with E-state index in [4.69, 9.17) is 0 Å². The molecule has 0 spiro atoms. The van der Waals surface area contributed by atoms with E-state index in [2.05, 4.69) is 12.2 Å². The molecule has 2 aliphatic rings. The van der Waals surface area contributed by atoms with Crippen LogP contribution in [0.3, 0.4) is 0 Å². The smallest absolute Gasteiger partial charge is 0.255 e. The summed E-state index contributed by atoms with van der Waals surface area (Å²) in [6, 6.07) is 5.64. The fraction of sp³-hybridized carbons (Fsp3) is 0.529. The fourth-order valence-electron chi connectivity index (χ4n) is 3.01. The van der Waals surface area contributed by atoms with Gasteiger partial charge in [0.1, 0.15) is 0 Å². The van der Waals surface area contributed by atoms with E-state index in [0.717, 1.165) is 37.9 Å². The summed E-state index contributed by atoms with van der Waals surface area (Å²) in [6.45, 7) is 5.66. The van der Waals surface area contributed by atoms with Crippen LogP contribution in [0.1, 0.15) is 42.1 Å². The molecule has 1 aliphatic heterocycles. The highest BCUT2D eigenvalue weighted by atomic mass is 16.2. The lowest BCUT2D eigenvalue weighted by Crippen LogP contribution is -2.29. The van der Waals surface area contributed by atoms with Crippen LogP contribution in [0.2, 0.25) is 0 Å². The van der Waals surface area contributed by atoms with E-state index in [-0.39, 0.29) is 17.7 Å². The second kappa shape index (κ2) is 5.51. The Morgan fingerprint density at radius 1 is 1.24 bits per heavy atom. The van der Waals surface area contributed by atoms with Crippen molar-refractivity contribution in [2.75, 3.05) is 18.4 Å². The number of carbonyl (C=O) groups excluding carboxylic acids is 2. The van der Waals surface area contributed by atoms with Crippen LogP contribution in [0, 0.1) is 18.8 Å². The van der Waals surface area contributed by atoms with Gasteiger partial charge in [0.25, 0.3) is 5.91 Å². The third-order valence-electron chi connectivity index (χ3n) is 4.59. The second-order valence-corrected chi connectivity index (χ2v) is 6.31. The molecular formula is C17H22N2O2. The molecule has 2 fully saturated rings. The standard InChI is InChI=1S/C17H22N2O2/c1-11-6-5-7-13(17(21)19-8-3-4-9-19)15(11)18-16(20)14-10-12(14)2/h5-7,12,14H,3-4,8-10H2,1-2H3,(H,18,20). The summed E-state index contributed by atoms with van der Waals surface area (Å²) in [5.74, 6) is 0.661. The molecule has 2 amide bonds. The summed E-state index contributed by atoms with van der Waals surface area (Å²) >= 11 is 0. The maximum atomic E-state index is 12.6. The molecule has 1 aliphatic carbocycles. The zero-order valence-corrected chi connectivity index (χ0v) is 12.7. The van der Waals surface area contributed by atoms with E-state index >= 15 is 0 Å². The zero-order chi connectivity index (χ0) is 15.0. The number of anilines is 1. The fourth-order valence-corrected chi connectivity index (χ4v) is 3.01. The number of aryl methyl sites for hydroxylation is 1. The van der Waals surface area contributed by atoms with Crippen molar-refractivity contribution in [2.45, 2.75) is 33.1 Å². The first-order chi connectivity index (χ1) is 10.1. The Morgan fingerprint density at radius 3 is 2.52 bits per heavy atom. The van der Waals surface area contributed by atoms with Crippen molar-refractivity contribution in [2.24, 2.45) is 11.8 Å². The van der Waals surface area contributed by atoms with Crippen LogP contribution in [0.15, 0.2) is 18.2 Å². The van der Waals surface area contributed by atoms with Crippen molar-refractivity contribution in [3.8, 4) is 0 Å². The lowest BCUT2D eigenvalue weighted by Gasteiger charge is -2.19. The zero-order valence-electron chi connectivity index (χ0n) is 12.7. The molecular weight excluding hydrogens is 264 g/mol.